The van der Waals surface area contributed by atoms with Crippen LogP contribution in [0.5, 0.6) is 0 Å². The summed E-state index contributed by atoms with van der Waals surface area (Å²) in [6.45, 7) is 4.27. The van der Waals surface area contributed by atoms with E-state index in [2.05, 4.69) is 27.1 Å². The molecule has 1 aliphatic carbocycles. The van der Waals surface area contributed by atoms with E-state index in [9.17, 15) is 4.79 Å². The molecule has 1 amide bonds. The Morgan fingerprint density at radius 1 is 1.19 bits per heavy atom. The van der Waals surface area contributed by atoms with E-state index < -0.39 is 0 Å². The van der Waals surface area contributed by atoms with Crippen molar-refractivity contribution >= 4 is 11.7 Å². The fourth-order valence-corrected chi connectivity index (χ4v) is 3.36. The summed E-state index contributed by atoms with van der Waals surface area (Å²) < 4.78 is 0. The third-order valence-corrected chi connectivity index (χ3v) is 4.74. The molecule has 21 heavy (non-hydrogen) atoms. The van der Waals surface area contributed by atoms with Crippen molar-refractivity contribution < 1.29 is 4.79 Å². The molecular formula is C16H24N4O. The molecule has 0 bridgehead atoms. The first kappa shape index (κ1) is 14.3. The minimum Gasteiger partial charge on any atom is -0.357 e. The number of amides is 1. The van der Waals surface area contributed by atoms with Gasteiger partial charge in [-0.1, -0.05) is 19.8 Å². The molecule has 5 nitrogen and oxygen atoms in total. The normalized spacial score (nSPS) is 25.9. The van der Waals surface area contributed by atoms with Gasteiger partial charge < -0.3 is 10.2 Å². The number of anilines is 1. The zero-order valence-electron chi connectivity index (χ0n) is 12.7. The second-order valence-corrected chi connectivity index (χ2v) is 6.30. The lowest BCUT2D eigenvalue weighted by Gasteiger charge is -2.29. The van der Waals surface area contributed by atoms with Gasteiger partial charge in [0.1, 0.15) is 17.8 Å². The highest BCUT2D eigenvalue weighted by atomic mass is 16.1. The number of hydrogen-bond donors (Lipinski definition) is 1. The van der Waals surface area contributed by atoms with Crippen molar-refractivity contribution in [3.8, 4) is 0 Å². The van der Waals surface area contributed by atoms with E-state index in [0.717, 1.165) is 25.3 Å². The second kappa shape index (κ2) is 6.41. The van der Waals surface area contributed by atoms with E-state index in [1.165, 1.54) is 38.4 Å². The lowest BCUT2D eigenvalue weighted by atomic mass is 9.86. The van der Waals surface area contributed by atoms with Crippen molar-refractivity contribution in [1.29, 1.82) is 0 Å². The van der Waals surface area contributed by atoms with E-state index in [4.69, 9.17) is 0 Å². The predicted octanol–water partition coefficient (Wildman–Crippen LogP) is 2.39. The Morgan fingerprint density at radius 2 is 1.95 bits per heavy atom. The average Bonchev–Trinajstić information content (AvgIpc) is 3.04. The summed E-state index contributed by atoms with van der Waals surface area (Å²) in [4.78, 5) is 23.1. The van der Waals surface area contributed by atoms with Crippen molar-refractivity contribution in [3.63, 3.8) is 0 Å². The van der Waals surface area contributed by atoms with E-state index in [0.29, 0.717) is 11.6 Å². The molecular weight excluding hydrogens is 264 g/mol. The SMILES string of the molecule is CC1CCCCC1NC(=O)c1cc(N2CCCC2)ncn1. The highest BCUT2D eigenvalue weighted by Crippen LogP contribution is 2.24. The number of nitrogens with one attached hydrogen (secondary N) is 1. The molecule has 5 heteroatoms. The maximum Gasteiger partial charge on any atom is 0.270 e. The maximum atomic E-state index is 12.4. The first-order chi connectivity index (χ1) is 10.2. The van der Waals surface area contributed by atoms with Crippen LogP contribution in [-0.4, -0.2) is 35.0 Å². The zero-order valence-corrected chi connectivity index (χ0v) is 12.7. The molecule has 2 atom stereocenters. The van der Waals surface area contributed by atoms with Crippen LogP contribution in [-0.2, 0) is 0 Å². The van der Waals surface area contributed by atoms with Crippen LogP contribution >= 0.6 is 0 Å². The van der Waals surface area contributed by atoms with Crippen LogP contribution in [0.15, 0.2) is 12.4 Å². The Kier molecular flexibility index (Phi) is 4.36. The second-order valence-electron chi connectivity index (χ2n) is 6.30. The maximum absolute atomic E-state index is 12.4. The van der Waals surface area contributed by atoms with Crippen LogP contribution in [0, 0.1) is 5.92 Å². The van der Waals surface area contributed by atoms with Gasteiger partial charge in [0.2, 0.25) is 0 Å². The highest BCUT2D eigenvalue weighted by Gasteiger charge is 2.24. The number of nitrogens with zero attached hydrogens (tertiary/aromatic N) is 3. The number of aromatic nitrogens is 2. The van der Waals surface area contributed by atoms with E-state index >= 15 is 0 Å². The summed E-state index contributed by atoms with van der Waals surface area (Å²) in [6, 6.07) is 2.12. The monoisotopic (exact) mass is 288 g/mol. The largest absolute Gasteiger partial charge is 0.357 e. The van der Waals surface area contributed by atoms with Crippen molar-refractivity contribution in [2.75, 3.05) is 18.0 Å². The minimum absolute atomic E-state index is 0.0587. The predicted molar refractivity (Wildman–Crippen MR) is 82.4 cm³/mol. The van der Waals surface area contributed by atoms with Gasteiger partial charge in [0, 0.05) is 25.2 Å². The molecule has 2 fully saturated rings. The molecule has 1 saturated carbocycles. The molecule has 0 aromatic carbocycles. The van der Waals surface area contributed by atoms with Crippen molar-refractivity contribution in [2.24, 2.45) is 5.92 Å². The molecule has 0 spiro atoms. The van der Waals surface area contributed by atoms with Gasteiger partial charge in [0.15, 0.2) is 0 Å². The van der Waals surface area contributed by atoms with E-state index in [1.807, 2.05) is 6.07 Å². The van der Waals surface area contributed by atoms with Crippen molar-refractivity contribution in [3.05, 3.63) is 18.1 Å². The van der Waals surface area contributed by atoms with Gasteiger partial charge in [-0.2, -0.15) is 0 Å². The molecule has 1 aromatic heterocycles. The van der Waals surface area contributed by atoms with Gasteiger partial charge in [0.25, 0.3) is 5.91 Å². The summed E-state index contributed by atoms with van der Waals surface area (Å²) in [5.41, 5.74) is 0.490. The lowest BCUT2D eigenvalue weighted by Crippen LogP contribution is -2.41. The van der Waals surface area contributed by atoms with Crippen LogP contribution in [0.3, 0.4) is 0 Å². The van der Waals surface area contributed by atoms with Gasteiger partial charge in [0.05, 0.1) is 0 Å². The van der Waals surface area contributed by atoms with Gasteiger partial charge >= 0.3 is 0 Å². The third-order valence-electron chi connectivity index (χ3n) is 4.74. The number of carbonyl (C=O) groups excluding carboxylic acids is 1. The molecule has 114 valence electrons. The van der Waals surface area contributed by atoms with Crippen LogP contribution in [0.1, 0.15) is 55.9 Å². The Labute approximate surface area is 126 Å². The first-order valence-corrected chi connectivity index (χ1v) is 8.12. The molecule has 2 unspecified atom stereocenters. The van der Waals surface area contributed by atoms with Crippen LogP contribution in [0.25, 0.3) is 0 Å². The number of carbonyl (C=O) groups is 1. The summed E-state index contributed by atoms with van der Waals surface area (Å²) in [6.07, 6.45) is 8.67. The fourth-order valence-electron chi connectivity index (χ4n) is 3.36. The summed E-state index contributed by atoms with van der Waals surface area (Å²) in [5, 5.41) is 3.15. The smallest absolute Gasteiger partial charge is 0.270 e. The molecule has 1 saturated heterocycles. The van der Waals surface area contributed by atoms with Gasteiger partial charge in [-0.15, -0.1) is 0 Å². The summed E-state index contributed by atoms with van der Waals surface area (Å²) in [7, 11) is 0. The molecule has 2 heterocycles. The number of rotatable bonds is 3. The first-order valence-electron chi connectivity index (χ1n) is 8.12. The molecule has 1 aromatic rings. The van der Waals surface area contributed by atoms with Gasteiger partial charge in [-0.3, -0.25) is 4.79 Å². The molecule has 0 radical (unpaired) electrons. The molecule has 2 aliphatic rings. The topological polar surface area (TPSA) is 58.1 Å². The number of hydrogen-bond acceptors (Lipinski definition) is 4. The average molecular weight is 288 g/mol. The van der Waals surface area contributed by atoms with Crippen molar-refractivity contribution in [2.45, 2.75) is 51.5 Å². The Balaban J connectivity index is 1.67. The third kappa shape index (κ3) is 3.34. The molecule has 1 aliphatic heterocycles. The molecule has 3 rings (SSSR count). The highest BCUT2D eigenvalue weighted by molar-refractivity contribution is 5.93. The van der Waals surface area contributed by atoms with E-state index in [1.54, 1.807) is 0 Å². The Bertz CT molecular complexity index is 499. The minimum atomic E-state index is -0.0587. The Hall–Kier alpha value is -1.65. The molecule has 1 N–H and O–H groups in total. The zero-order chi connectivity index (χ0) is 14.7. The van der Waals surface area contributed by atoms with Crippen molar-refractivity contribution in [1.82, 2.24) is 15.3 Å². The van der Waals surface area contributed by atoms with E-state index in [-0.39, 0.29) is 11.9 Å². The van der Waals surface area contributed by atoms with Crippen LogP contribution < -0.4 is 10.2 Å². The summed E-state index contributed by atoms with van der Waals surface area (Å²) in [5.74, 6) is 1.38. The van der Waals surface area contributed by atoms with Crippen LogP contribution in [0.4, 0.5) is 5.82 Å². The van der Waals surface area contributed by atoms with Crippen LogP contribution in [0.2, 0.25) is 0 Å². The lowest BCUT2D eigenvalue weighted by molar-refractivity contribution is 0.0905. The Morgan fingerprint density at radius 3 is 2.71 bits per heavy atom. The van der Waals surface area contributed by atoms with Gasteiger partial charge in [-0.05, 0) is 31.6 Å². The fraction of sp³-hybridized carbons (Fsp3) is 0.688. The standard InChI is InChI=1S/C16H24N4O/c1-12-6-2-3-7-13(12)19-16(21)14-10-15(18-11-17-14)20-8-4-5-9-20/h10-13H,2-9H2,1H3,(H,19,21). The van der Waals surface area contributed by atoms with Gasteiger partial charge in [-0.25, -0.2) is 9.97 Å². The quantitative estimate of drug-likeness (QED) is 0.928. The summed E-state index contributed by atoms with van der Waals surface area (Å²) >= 11 is 0.